The molecule has 3 aromatic carbocycles. The molecule has 0 aliphatic rings. The van der Waals surface area contributed by atoms with Gasteiger partial charge in [-0.25, -0.2) is 4.98 Å². The van der Waals surface area contributed by atoms with Crippen molar-refractivity contribution in [3.63, 3.8) is 0 Å². The maximum absolute atomic E-state index is 12.7. The third-order valence-corrected chi connectivity index (χ3v) is 6.04. The molecule has 0 bridgehead atoms. The molecule has 0 fully saturated rings. The van der Waals surface area contributed by atoms with E-state index in [0.29, 0.717) is 12.2 Å². The van der Waals surface area contributed by atoms with E-state index >= 15 is 0 Å². The molecule has 1 N–H and O–H groups in total. The zero-order chi connectivity index (χ0) is 23.2. The number of ether oxygens (including phenoxy) is 1. The van der Waals surface area contributed by atoms with Gasteiger partial charge in [-0.2, -0.15) is 0 Å². The van der Waals surface area contributed by atoms with Gasteiger partial charge in [0.1, 0.15) is 11.6 Å². The summed E-state index contributed by atoms with van der Waals surface area (Å²) >= 11 is 0. The number of unbranched alkanes of at least 4 members (excludes halogenated alkanes) is 1. The van der Waals surface area contributed by atoms with Gasteiger partial charge in [-0.15, -0.1) is 0 Å². The monoisotopic (exact) mass is 441 g/mol. The number of rotatable bonds is 9. The Morgan fingerprint density at radius 2 is 1.73 bits per heavy atom. The lowest BCUT2D eigenvalue weighted by Crippen LogP contribution is -2.28. The molecule has 5 nitrogen and oxygen atoms in total. The number of hydrogen-bond donors (Lipinski definition) is 1. The summed E-state index contributed by atoms with van der Waals surface area (Å²) in [5.41, 5.74) is 5.12. The van der Waals surface area contributed by atoms with E-state index in [1.54, 1.807) is 0 Å². The Hall–Kier alpha value is -3.60. The Labute approximate surface area is 195 Å². The highest BCUT2D eigenvalue weighted by molar-refractivity contribution is 5.94. The summed E-state index contributed by atoms with van der Waals surface area (Å²) in [6.07, 6.45) is 1.89. The fraction of sp³-hybridized carbons (Fsp3) is 0.286. The summed E-state index contributed by atoms with van der Waals surface area (Å²) in [6.45, 7) is 7.68. The number of carbonyl (C=O) groups excluding carboxylic acids is 1. The Balaban J connectivity index is 1.42. The SMILES string of the molecule is Cc1cccc(OCCCCn2c(C(C)NC(=O)c3ccccc3)nc3ccccc32)c1C. The fourth-order valence-electron chi connectivity index (χ4n) is 4.03. The fourth-order valence-corrected chi connectivity index (χ4v) is 4.03. The van der Waals surface area contributed by atoms with Crippen LogP contribution in [0.2, 0.25) is 0 Å². The molecule has 4 aromatic rings. The molecule has 0 saturated heterocycles. The average molecular weight is 442 g/mol. The lowest BCUT2D eigenvalue weighted by Gasteiger charge is -2.17. The molecular weight excluding hydrogens is 410 g/mol. The number of amides is 1. The Morgan fingerprint density at radius 1 is 0.970 bits per heavy atom. The third-order valence-electron chi connectivity index (χ3n) is 6.04. The molecule has 0 saturated carbocycles. The van der Waals surface area contributed by atoms with E-state index in [0.717, 1.165) is 42.0 Å². The molecule has 0 aliphatic carbocycles. The van der Waals surface area contributed by atoms with Gasteiger partial charge in [0.2, 0.25) is 0 Å². The highest BCUT2D eigenvalue weighted by Gasteiger charge is 2.19. The van der Waals surface area contributed by atoms with Crippen LogP contribution in [-0.2, 0) is 6.54 Å². The molecule has 0 aliphatic heterocycles. The van der Waals surface area contributed by atoms with Gasteiger partial charge in [-0.1, -0.05) is 42.5 Å². The summed E-state index contributed by atoms with van der Waals surface area (Å²) in [5.74, 6) is 1.74. The quantitative estimate of drug-likeness (QED) is 0.324. The maximum atomic E-state index is 12.7. The first-order valence-electron chi connectivity index (χ1n) is 11.5. The predicted molar refractivity (Wildman–Crippen MR) is 133 cm³/mol. The molecule has 0 spiro atoms. The van der Waals surface area contributed by atoms with Gasteiger partial charge in [0.05, 0.1) is 23.7 Å². The third kappa shape index (κ3) is 5.25. The van der Waals surface area contributed by atoms with Crippen LogP contribution in [0.4, 0.5) is 0 Å². The number of nitrogens with one attached hydrogen (secondary N) is 1. The highest BCUT2D eigenvalue weighted by Crippen LogP contribution is 2.23. The molecule has 1 aromatic heterocycles. The smallest absolute Gasteiger partial charge is 0.251 e. The van der Waals surface area contributed by atoms with Gasteiger partial charge in [-0.3, -0.25) is 4.79 Å². The lowest BCUT2D eigenvalue weighted by molar-refractivity contribution is 0.0937. The van der Waals surface area contributed by atoms with E-state index in [4.69, 9.17) is 9.72 Å². The molecule has 0 radical (unpaired) electrons. The van der Waals surface area contributed by atoms with Gasteiger partial charge in [-0.05, 0) is 75.1 Å². The Bertz CT molecular complexity index is 1230. The maximum Gasteiger partial charge on any atom is 0.251 e. The van der Waals surface area contributed by atoms with Crippen molar-refractivity contribution in [2.45, 2.75) is 46.2 Å². The van der Waals surface area contributed by atoms with Gasteiger partial charge in [0.15, 0.2) is 0 Å². The zero-order valence-electron chi connectivity index (χ0n) is 19.5. The second kappa shape index (κ2) is 10.3. The minimum Gasteiger partial charge on any atom is -0.493 e. The van der Waals surface area contributed by atoms with Gasteiger partial charge in [0.25, 0.3) is 5.91 Å². The number of imidazole rings is 1. The molecule has 4 rings (SSSR count). The first-order valence-corrected chi connectivity index (χ1v) is 11.5. The zero-order valence-corrected chi connectivity index (χ0v) is 19.5. The van der Waals surface area contributed by atoms with Crippen LogP contribution in [-0.4, -0.2) is 22.1 Å². The summed E-state index contributed by atoms with van der Waals surface area (Å²) in [4.78, 5) is 17.5. The van der Waals surface area contributed by atoms with Crippen molar-refractivity contribution in [2.24, 2.45) is 0 Å². The summed E-state index contributed by atoms with van der Waals surface area (Å²) in [7, 11) is 0. The normalized spacial score (nSPS) is 12.0. The Morgan fingerprint density at radius 3 is 2.55 bits per heavy atom. The minimum atomic E-state index is -0.212. The van der Waals surface area contributed by atoms with Crippen molar-refractivity contribution >= 4 is 16.9 Å². The van der Waals surface area contributed by atoms with Crippen molar-refractivity contribution in [2.75, 3.05) is 6.61 Å². The van der Waals surface area contributed by atoms with E-state index in [2.05, 4.69) is 35.9 Å². The molecule has 170 valence electrons. The first kappa shape index (κ1) is 22.6. The highest BCUT2D eigenvalue weighted by atomic mass is 16.5. The lowest BCUT2D eigenvalue weighted by atomic mass is 10.1. The van der Waals surface area contributed by atoms with E-state index < -0.39 is 0 Å². The van der Waals surface area contributed by atoms with E-state index in [9.17, 15) is 4.79 Å². The number of aryl methyl sites for hydroxylation is 2. The molecular formula is C28H31N3O2. The predicted octanol–water partition coefficient (Wildman–Crippen LogP) is 6.00. The minimum absolute atomic E-state index is 0.0939. The summed E-state index contributed by atoms with van der Waals surface area (Å²) in [6, 6.07) is 23.4. The molecule has 33 heavy (non-hydrogen) atoms. The van der Waals surface area contributed by atoms with Crippen molar-refractivity contribution in [3.05, 3.63) is 95.3 Å². The van der Waals surface area contributed by atoms with Crippen LogP contribution in [0.15, 0.2) is 72.8 Å². The second-order valence-electron chi connectivity index (χ2n) is 8.43. The molecule has 1 amide bonds. The molecule has 5 heteroatoms. The summed E-state index contributed by atoms with van der Waals surface area (Å²) < 4.78 is 8.25. The summed E-state index contributed by atoms with van der Waals surface area (Å²) in [5, 5.41) is 3.10. The van der Waals surface area contributed by atoms with Gasteiger partial charge >= 0.3 is 0 Å². The van der Waals surface area contributed by atoms with Crippen LogP contribution in [0, 0.1) is 13.8 Å². The Kier molecular flexibility index (Phi) is 7.08. The van der Waals surface area contributed by atoms with E-state index in [-0.39, 0.29) is 11.9 Å². The van der Waals surface area contributed by atoms with Crippen LogP contribution in [0.5, 0.6) is 5.75 Å². The van der Waals surface area contributed by atoms with Crippen molar-refractivity contribution in [3.8, 4) is 5.75 Å². The standard InChI is InChI=1S/C28H31N3O2/c1-20-12-11-17-26(21(20)2)33-19-10-9-18-31-25-16-8-7-15-24(25)30-27(31)22(3)29-28(32)23-13-5-4-6-14-23/h4-8,11-17,22H,9-10,18-19H2,1-3H3,(H,29,32). The molecule has 1 unspecified atom stereocenters. The van der Waals surface area contributed by atoms with Crippen LogP contribution in [0.25, 0.3) is 11.0 Å². The number of carbonyl (C=O) groups is 1. The number of hydrogen-bond acceptors (Lipinski definition) is 3. The number of aromatic nitrogens is 2. The van der Waals surface area contributed by atoms with Crippen molar-refractivity contribution in [1.29, 1.82) is 0 Å². The number of nitrogens with zero attached hydrogens (tertiary/aromatic N) is 2. The topological polar surface area (TPSA) is 56.1 Å². The van der Waals surface area contributed by atoms with E-state index in [1.165, 1.54) is 11.1 Å². The number of fused-ring (bicyclic) bond motifs is 1. The second-order valence-corrected chi connectivity index (χ2v) is 8.43. The van der Waals surface area contributed by atoms with Crippen LogP contribution >= 0.6 is 0 Å². The number of para-hydroxylation sites is 2. The van der Waals surface area contributed by atoms with Crippen LogP contribution in [0.3, 0.4) is 0 Å². The first-order chi connectivity index (χ1) is 16.0. The van der Waals surface area contributed by atoms with Crippen LogP contribution < -0.4 is 10.1 Å². The van der Waals surface area contributed by atoms with Gasteiger partial charge < -0.3 is 14.6 Å². The largest absolute Gasteiger partial charge is 0.493 e. The average Bonchev–Trinajstić information content (AvgIpc) is 3.21. The van der Waals surface area contributed by atoms with Crippen molar-refractivity contribution < 1.29 is 9.53 Å². The van der Waals surface area contributed by atoms with Crippen molar-refractivity contribution in [1.82, 2.24) is 14.9 Å². The van der Waals surface area contributed by atoms with Crippen LogP contribution in [0.1, 0.15) is 53.1 Å². The van der Waals surface area contributed by atoms with Gasteiger partial charge in [0, 0.05) is 12.1 Å². The molecule has 1 atom stereocenters. The van der Waals surface area contributed by atoms with E-state index in [1.807, 2.05) is 67.6 Å². The molecule has 1 heterocycles. The number of benzene rings is 3.